The fourth-order valence-corrected chi connectivity index (χ4v) is 4.06. The summed E-state index contributed by atoms with van der Waals surface area (Å²) >= 11 is 0. The van der Waals surface area contributed by atoms with E-state index >= 15 is 0 Å². The van der Waals surface area contributed by atoms with Crippen LogP contribution in [-0.2, 0) is 14.8 Å². The summed E-state index contributed by atoms with van der Waals surface area (Å²) in [5.41, 5.74) is -1.82. The highest BCUT2D eigenvalue weighted by Crippen LogP contribution is 2.20. The van der Waals surface area contributed by atoms with Gasteiger partial charge in [-0.2, -0.15) is 0 Å². The Morgan fingerprint density at radius 3 is 2.77 bits per heavy atom. The Morgan fingerprint density at radius 2 is 2.12 bits per heavy atom. The maximum Gasteiger partial charge on any atom is 0.327 e. The van der Waals surface area contributed by atoms with Crippen LogP contribution in [0.25, 0.3) is 11.0 Å². The maximum absolute atomic E-state index is 12.6. The zero-order valence-electron chi connectivity index (χ0n) is 14.0. The number of ether oxygens (including phenoxy) is 1. The van der Waals surface area contributed by atoms with Crippen LogP contribution in [0.2, 0.25) is 0 Å². The van der Waals surface area contributed by atoms with Crippen LogP contribution in [0.15, 0.2) is 26.7 Å². The summed E-state index contributed by atoms with van der Waals surface area (Å²) in [5.74, 6) is 0. The Hall–Kier alpha value is -1.79. The van der Waals surface area contributed by atoms with Crippen molar-refractivity contribution in [1.82, 2.24) is 25.0 Å². The molecule has 1 unspecified atom stereocenters. The third-order valence-corrected chi connectivity index (χ3v) is 5.60. The van der Waals surface area contributed by atoms with Crippen molar-refractivity contribution < 1.29 is 13.2 Å². The van der Waals surface area contributed by atoms with Gasteiger partial charge in [0.15, 0.2) is 0 Å². The number of pyridine rings is 1. The van der Waals surface area contributed by atoms with Crippen LogP contribution in [-0.4, -0.2) is 55.7 Å². The van der Waals surface area contributed by atoms with Gasteiger partial charge in [-0.15, -0.1) is 12.4 Å². The zero-order chi connectivity index (χ0) is 18.1. The van der Waals surface area contributed by atoms with Crippen LogP contribution in [0.4, 0.5) is 0 Å². The van der Waals surface area contributed by atoms with Crippen molar-refractivity contribution in [2.75, 3.05) is 26.8 Å². The molecule has 0 saturated carbocycles. The van der Waals surface area contributed by atoms with Gasteiger partial charge in [0.1, 0.15) is 10.5 Å². The number of aromatic nitrogens is 3. The molecule has 0 amide bonds. The Morgan fingerprint density at radius 1 is 1.35 bits per heavy atom. The molecule has 144 valence electrons. The van der Waals surface area contributed by atoms with Gasteiger partial charge in [-0.3, -0.25) is 14.8 Å². The number of hydrogen-bond acceptors (Lipinski definition) is 7. The summed E-state index contributed by atoms with van der Waals surface area (Å²) in [6, 6.07) is 1.19. The van der Waals surface area contributed by atoms with E-state index in [0.29, 0.717) is 6.61 Å². The molecule has 1 fully saturated rings. The molecule has 2 aromatic heterocycles. The molecule has 3 heterocycles. The van der Waals surface area contributed by atoms with Crippen molar-refractivity contribution in [2.45, 2.75) is 23.3 Å². The first kappa shape index (κ1) is 20.5. The third-order valence-electron chi connectivity index (χ3n) is 4.23. The topological polar surface area (TPSA) is 146 Å². The van der Waals surface area contributed by atoms with Gasteiger partial charge in [0.05, 0.1) is 17.5 Å². The van der Waals surface area contributed by atoms with E-state index in [1.807, 2.05) is 4.98 Å². The Balaban J connectivity index is 0.00000243. The SMILES string of the molecule is COCC1(CNS(=O)(=O)c2cnc3[nH]c(=O)[nH]c(=O)c3c2)CCCN1.Cl. The molecule has 1 aliphatic heterocycles. The van der Waals surface area contributed by atoms with E-state index in [-0.39, 0.29) is 34.9 Å². The second kappa shape index (κ2) is 7.84. The van der Waals surface area contributed by atoms with E-state index in [4.69, 9.17) is 4.74 Å². The van der Waals surface area contributed by atoms with Crippen LogP contribution >= 0.6 is 12.4 Å². The zero-order valence-corrected chi connectivity index (χ0v) is 15.6. The monoisotopic (exact) mass is 405 g/mol. The molecule has 3 rings (SSSR count). The fraction of sp³-hybridized carbons (Fsp3) is 0.500. The van der Waals surface area contributed by atoms with Gasteiger partial charge in [0.2, 0.25) is 10.0 Å². The van der Waals surface area contributed by atoms with Gasteiger partial charge >= 0.3 is 5.69 Å². The minimum atomic E-state index is -3.88. The minimum absolute atomic E-state index is 0. The second-order valence-corrected chi connectivity index (χ2v) is 7.81. The number of sulfonamides is 1. The predicted molar refractivity (Wildman–Crippen MR) is 97.3 cm³/mol. The highest BCUT2D eigenvalue weighted by Gasteiger charge is 2.34. The number of hydrogen-bond donors (Lipinski definition) is 4. The number of H-pyrrole nitrogens is 2. The first-order chi connectivity index (χ1) is 11.9. The van der Waals surface area contributed by atoms with E-state index in [9.17, 15) is 18.0 Å². The summed E-state index contributed by atoms with van der Waals surface area (Å²) in [6.07, 6.45) is 2.83. The molecule has 0 bridgehead atoms. The molecule has 2 aromatic rings. The quantitative estimate of drug-likeness (QED) is 0.486. The molecular formula is C14H20ClN5O5S. The summed E-state index contributed by atoms with van der Waals surface area (Å²) in [5, 5.41) is 3.27. The summed E-state index contributed by atoms with van der Waals surface area (Å²) < 4.78 is 32.8. The van der Waals surface area contributed by atoms with Crippen molar-refractivity contribution in [3.05, 3.63) is 33.1 Å². The summed E-state index contributed by atoms with van der Waals surface area (Å²) in [6.45, 7) is 1.33. The van der Waals surface area contributed by atoms with Gasteiger partial charge < -0.3 is 10.1 Å². The predicted octanol–water partition coefficient (Wildman–Crippen LogP) is -0.920. The normalized spacial score (nSPS) is 20.2. The minimum Gasteiger partial charge on any atom is -0.383 e. The van der Waals surface area contributed by atoms with E-state index in [1.165, 1.54) is 6.07 Å². The van der Waals surface area contributed by atoms with E-state index in [0.717, 1.165) is 25.6 Å². The molecule has 0 radical (unpaired) electrons. The Labute approximate surface area is 155 Å². The number of rotatable bonds is 6. The molecule has 10 nitrogen and oxygen atoms in total. The lowest BCUT2D eigenvalue weighted by Crippen LogP contribution is -2.52. The smallest absolute Gasteiger partial charge is 0.327 e. The van der Waals surface area contributed by atoms with E-state index in [2.05, 4.69) is 20.0 Å². The molecule has 1 aliphatic rings. The highest BCUT2D eigenvalue weighted by molar-refractivity contribution is 7.89. The van der Waals surface area contributed by atoms with Crippen LogP contribution in [0.3, 0.4) is 0 Å². The number of halogens is 1. The van der Waals surface area contributed by atoms with Crippen molar-refractivity contribution in [3.63, 3.8) is 0 Å². The molecule has 0 aromatic carbocycles. The Bertz CT molecular complexity index is 997. The van der Waals surface area contributed by atoms with Crippen molar-refractivity contribution in [2.24, 2.45) is 0 Å². The van der Waals surface area contributed by atoms with Crippen molar-refractivity contribution in [1.29, 1.82) is 0 Å². The van der Waals surface area contributed by atoms with Crippen LogP contribution < -0.4 is 21.3 Å². The maximum atomic E-state index is 12.6. The number of aromatic amines is 2. The molecule has 0 aliphatic carbocycles. The van der Waals surface area contributed by atoms with Gasteiger partial charge in [0, 0.05) is 19.9 Å². The largest absolute Gasteiger partial charge is 0.383 e. The highest BCUT2D eigenvalue weighted by atomic mass is 35.5. The second-order valence-electron chi connectivity index (χ2n) is 6.04. The lowest BCUT2D eigenvalue weighted by atomic mass is 9.99. The van der Waals surface area contributed by atoms with Gasteiger partial charge in [-0.05, 0) is 25.5 Å². The molecule has 0 spiro atoms. The average Bonchev–Trinajstić information content (AvgIpc) is 3.02. The third kappa shape index (κ3) is 4.13. The lowest BCUT2D eigenvalue weighted by Gasteiger charge is -2.28. The van der Waals surface area contributed by atoms with Crippen LogP contribution in [0.1, 0.15) is 12.8 Å². The van der Waals surface area contributed by atoms with Crippen molar-refractivity contribution in [3.8, 4) is 0 Å². The van der Waals surface area contributed by atoms with Gasteiger partial charge in [0.25, 0.3) is 5.56 Å². The average molecular weight is 406 g/mol. The molecule has 26 heavy (non-hydrogen) atoms. The number of methoxy groups -OCH3 is 1. The van der Waals surface area contributed by atoms with Crippen LogP contribution in [0, 0.1) is 0 Å². The molecule has 1 saturated heterocycles. The Kier molecular flexibility index (Phi) is 6.19. The summed E-state index contributed by atoms with van der Waals surface area (Å²) in [7, 11) is -2.31. The lowest BCUT2D eigenvalue weighted by molar-refractivity contribution is 0.122. The molecule has 4 N–H and O–H groups in total. The molecular weight excluding hydrogens is 386 g/mol. The number of nitrogens with zero attached hydrogens (tertiary/aromatic N) is 1. The summed E-state index contributed by atoms with van der Waals surface area (Å²) in [4.78, 5) is 31.2. The number of nitrogens with one attached hydrogen (secondary N) is 4. The molecule has 12 heteroatoms. The first-order valence-corrected chi connectivity index (χ1v) is 9.20. The first-order valence-electron chi connectivity index (χ1n) is 7.71. The standard InChI is InChI=1S/C14H19N5O5S.ClH/c1-24-8-14(3-2-4-16-14)7-17-25(22,23)9-5-10-11(15-6-9)18-13(21)19-12(10)20;/h5-6,16-17H,2-4,7-8H2,1H3,(H2,15,18,19,20,21);1H. The van der Waals surface area contributed by atoms with Crippen molar-refractivity contribution >= 4 is 33.5 Å². The molecule has 1 atom stereocenters. The van der Waals surface area contributed by atoms with E-state index in [1.54, 1.807) is 7.11 Å². The number of fused-ring (bicyclic) bond motifs is 1. The van der Waals surface area contributed by atoms with E-state index < -0.39 is 26.8 Å². The fourth-order valence-electron chi connectivity index (χ4n) is 2.96. The van der Waals surface area contributed by atoms with Crippen LogP contribution in [0.5, 0.6) is 0 Å². The van der Waals surface area contributed by atoms with Gasteiger partial charge in [-0.1, -0.05) is 0 Å². The van der Waals surface area contributed by atoms with Gasteiger partial charge in [-0.25, -0.2) is 22.9 Å².